The van der Waals surface area contributed by atoms with E-state index >= 15 is 0 Å². The maximum Gasteiger partial charge on any atom is 0.219 e. The highest BCUT2D eigenvalue weighted by atomic mass is 16.2. The summed E-state index contributed by atoms with van der Waals surface area (Å²) in [5, 5.41) is 6.89. The Morgan fingerprint density at radius 3 is 2.33 bits per heavy atom. The van der Waals surface area contributed by atoms with Gasteiger partial charge < -0.3 is 15.5 Å². The van der Waals surface area contributed by atoms with Crippen molar-refractivity contribution < 1.29 is 4.79 Å². The molecule has 1 saturated heterocycles. The summed E-state index contributed by atoms with van der Waals surface area (Å²) in [5.74, 6) is 1.86. The van der Waals surface area contributed by atoms with Crippen LogP contribution in [0.4, 0.5) is 0 Å². The van der Waals surface area contributed by atoms with Crippen molar-refractivity contribution in [3.05, 3.63) is 0 Å². The Kier molecular flexibility index (Phi) is 4.09. The van der Waals surface area contributed by atoms with E-state index in [0.29, 0.717) is 12.1 Å². The van der Waals surface area contributed by atoms with E-state index in [2.05, 4.69) is 22.5 Å². The number of aliphatic imine (C=N–C) groups is 1. The number of nitrogens with zero attached hydrogens (tertiary/aromatic N) is 2. The molecule has 0 aromatic heterocycles. The summed E-state index contributed by atoms with van der Waals surface area (Å²) in [5.41, 5.74) is 0. The number of hydrogen-bond donors (Lipinski definition) is 2. The summed E-state index contributed by atoms with van der Waals surface area (Å²) >= 11 is 0. The molecule has 0 aromatic carbocycles. The maximum absolute atomic E-state index is 11.2. The minimum atomic E-state index is 0.183. The van der Waals surface area contributed by atoms with Gasteiger partial charge in [0.2, 0.25) is 5.91 Å². The van der Waals surface area contributed by atoms with Crippen LogP contribution in [0, 0.1) is 5.92 Å². The van der Waals surface area contributed by atoms with Gasteiger partial charge in [0, 0.05) is 39.1 Å². The lowest BCUT2D eigenvalue weighted by molar-refractivity contribution is -0.129. The Hall–Kier alpha value is -1.26. The molecule has 102 valence electrons. The molecule has 5 heteroatoms. The van der Waals surface area contributed by atoms with Crippen molar-refractivity contribution in [2.45, 2.75) is 45.2 Å². The van der Waals surface area contributed by atoms with Crippen LogP contribution in [0.1, 0.15) is 33.1 Å². The molecule has 2 aliphatic rings. The van der Waals surface area contributed by atoms with Crippen molar-refractivity contribution in [3.8, 4) is 0 Å². The van der Waals surface area contributed by atoms with Gasteiger partial charge in [-0.2, -0.15) is 0 Å². The second-order valence-corrected chi connectivity index (χ2v) is 5.46. The highest BCUT2D eigenvalue weighted by Crippen LogP contribution is 2.28. The Bertz CT molecular complexity index is 334. The van der Waals surface area contributed by atoms with Gasteiger partial charge >= 0.3 is 0 Å². The van der Waals surface area contributed by atoms with Gasteiger partial charge in [-0.3, -0.25) is 9.79 Å². The van der Waals surface area contributed by atoms with Crippen molar-refractivity contribution in [2.75, 3.05) is 20.1 Å². The largest absolute Gasteiger partial charge is 0.354 e. The van der Waals surface area contributed by atoms with Crippen LogP contribution in [0.25, 0.3) is 0 Å². The van der Waals surface area contributed by atoms with Gasteiger partial charge in [0.05, 0.1) is 0 Å². The summed E-state index contributed by atoms with van der Waals surface area (Å²) in [4.78, 5) is 17.4. The fourth-order valence-corrected chi connectivity index (χ4v) is 2.40. The van der Waals surface area contributed by atoms with E-state index in [9.17, 15) is 4.79 Å². The Balaban J connectivity index is 1.74. The first-order valence-electron chi connectivity index (χ1n) is 6.85. The molecule has 2 atom stereocenters. The van der Waals surface area contributed by atoms with Crippen LogP contribution in [0.5, 0.6) is 0 Å². The topological polar surface area (TPSA) is 56.7 Å². The number of likely N-dealkylation sites (tertiary alicyclic amines) is 1. The van der Waals surface area contributed by atoms with Gasteiger partial charge in [-0.05, 0) is 25.2 Å². The fraction of sp³-hybridized carbons (Fsp3) is 0.846. The first-order chi connectivity index (χ1) is 8.60. The lowest BCUT2D eigenvalue weighted by Gasteiger charge is -2.32. The van der Waals surface area contributed by atoms with E-state index in [0.717, 1.165) is 37.8 Å². The number of piperidine rings is 1. The van der Waals surface area contributed by atoms with Gasteiger partial charge in [0.15, 0.2) is 5.96 Å². The summed E-state index contributed by atoms with van der Waals surface area (Å²) < 4.78 is 0. The van der Waals surface area contributed by atoms with Crippen LogP contribution >= 0.6 is 0 Å². The lowest BCUT2D eigenvalue weighted by atomic mass is 10.1. The molecular weight excluding hydrogens is 228 g/mol. The number of amides is 1. The van der Waals surface area contributed by atoms with Gasteiger partial charge in [-0.15, -0.1) is 0 Å². The SMILES string of the molecule is CN=C(NC1CCN(C(C)=O)CC1)NC1CC1C. The first-order valence-corrected chi connectivity index (χ1v) is 6.85. The van der Waals surface area contributed by atoms with E-state index in [1.165, 1.54) is 6.42 Å². The van der Waals surface area contributed by atoms with Crippen LogP contribution in [-0.2, 0) is 4.79 Å². The van der Waals surface area contributed by atoms with E-state index in [-0.39, 0.29) is 5.91 Å². The van der Waals surface area contributed by atoms with E-state index in [4.69, 9.17) is 0 Å². The predicted molar refractivity (Wildman–Crippen MR) is 72.5 cm³/mol. The molecule has 0 aromatic rings. The third-order valence-corrected chi connectivity index (χ3v) is 3.94. The Morgan fingerprint density at radius 2 is 1.89 bits per heavy atom. The molecule has 2 fully saturated rings. The van der Waals surface area contributed by atoms with Crippen molar-refractivity contribution in [3.63, 3.8) is 0 Å². The summed E-state index contributed by atoms with van der Waals surface area (Å²) in [6, 6.07) is 1.02. The second kappa shape index (κ2) is 5.59. The quantitative estimate of drug-likeness (QED) is 0.558. The van der Waals surface area contributed by atoms with Gasteiger partial charge in [0.25, 0.3) is 0 Å². The molecule has 2 N–H and O–H groups in total. The third-order valence-electron chi connectivity index (χ3n) is 3.94. The van der Waals surface area contributed by atoms with Crippen LogP contribution in [-0.4, -0.2) is 49.0 Å². The molecule has 1 heterocycles. The number of rotatable bonds is 2. The predicted octanol–water partition coefficient (Wildman–Crippen LogP) is 0.571. The molecule has 0 spiro atoms. The number of hydrogen-bond acceptors (Lipinski definition) is 2. The van der Waals surface area contributed by atoms with Gasteiger partial charge in [0.1, 0.15) is 0 Å². The normalized spacial score (nSPS) is 29.1. The Morgan fingerprint density at radius 1 is 1.28 bits per heavy atom. The average Bonchev–Trinajstić information content (AvgIpc) is 3.04. The Labute approximate surface area is 109 Å². The minimum Gasteiger partial charge on any atom is -0.354 e. The van der Waals surface area contributed by atoms with E-state index in [1.807, 2.05) is 11.9 Å². The molecule has 1 aliphatic carbocycles. The number of carbonyl (C=O) groups excluding carboxylic acids is 1. The smallest absolute Gasteiger partial charge is 0.219 e. The zero-order valence-electron chi connectivity index (χ0n) is 11.6. The lowest BCUT2D eigenvalue weighted by Crippen LogP contribution is -2.50. The number of carbonyl (C=O) groups is 1. The van der Waals surface area contributed by atoms with Crippen molar-refractivity contribution in [2.24, 2.45) is 10.9 Å². The van der Waals surface area contributed by atoms with Crippen LogP contribution < -0.4 is 10.6 Å². The molecule has 1 amide bonds. The molecule has 2 rings (SSSR count). The van der Waals surface area contributed by atoms with Crippen molar-refractivity contribution in [1.29, 1.82) is 0 Å². The van der Waals surface area contributed by atoms with E-state index in [1.54, 1.807) is 6.92 Å². The van der Waals surface area contributed by atoms with Crippen LogP contribution in [0.3, 0.4) is 0 Å². The molecule has 5 nitrogen and oxygen atoms in total. The summed E-state index contributed by atoms with van der Waals surface area (Å²) in [6.07, 6.45) is 3.24. The zero-order valence-corrected chi connectivity index (χ0v) is 11.6. The molecule has 18 heavy (non-hydrogen) atoms. The van der Waals surface area contributed by atoms with Crippen molar-refractivity contribution >= 4 is 11.9 Å². The molecule has 1 aliphatic heterocycles. The fourth-order valence-electron chi connectivity index (χ4n) is 2.40. The summed E-state index contributed by atoms with van der Waals surface area (Å²) in [6.45, 7) is 5.59. The van der Waals surface area contributed by atoms with Crippen LogP contribution in [0.2, 0.25) is 0 Å². The highest BCUT2D eigenvalue weighted by Gasteiger charge is 2.33. The number of nitrogens with one attached hydrogen (secondary N) is 2. The van der Waals surface area contributed by atoms with Gasteiger partial charge in [-0.1, -0.05) is 6.92 Å². The molecule has 0 bridgehead atoms. The maximum atomic E-state index is 11.2. The minimum absolute atomic E-state index is 0.183. The second-order valence-electron chi connectivity index (χ2n) is 5.46. The molecule has 1 saturated carbocycles. The average molecular weight is 252 g/mol. The summed E-state index contributed by atoms with van der Waals surface area (Å²) in [7, 11) is 1.81. The van der Waals surface area contributed by atoms with E-state index < -0.39 is 0 Å². The molecule has 0 radical (unpaired) electrons. The monoisotopic (exact) mass is 252 g/mol. The van der Waals surface area contributed by atoms with Gasteiger partial charge in [-0.25, -0.2) is 0 Å². The highest BCUT2D eigenvalue weighted by molar-refractivity contribution is 5.80. The molecular formula is C13H24N4O. The van der Waals surface area contributed by atoms with Crippen molar-refractivity contribution in [1.82, 2.24) is 15.5 Å². The molecule has 2 unspecified atom stereocenters. The van der Waals surface area contributed by atoms with Crippen LogP contribution in [0.15, 0.2) is 4.99 Å². The standard InChI is InChI=1S/C13H24N4O/c1-9-8-12(9)16-13(14-3)15-11-4-6-17(7-5-11)10(2)18/h9,11-12H,4-8H2,1-3H3,(H2,14,15,16). The zero-order chi connectivity index (χ0) is 13.1. The first kappa shape index (κ1) is 13.2. The number of guanidine groups is 1. The third kappa shape index (κ3) is 3.37.